The van der Waals surface area contributed by atoms with Crippen LogP contribution in [0.1, 0.15) is 30.1 Å². The van der Waals surface area contributed by atoms with E-state index in [0.717, 1.165) is 6.42 Å². The van der Waals surface area contributed by atoms with E-state index in [-0.39, 0.29) is 12.6 Å². The van der Waals surface area contributed by atoms with Crippen LogP contribution < -0.4 is 0 Å². The average molecular weight is 250 g/mol. The summed E-state index contributed by atoms with van der Waals surface area (Å²) in [5, 5.41) is 0. The van der Waals surface area contributed by atoms with Crippen LogP contribution in [0.3, 0.4) is 0 Å². The molecule has 4 heteroatoms. The molecule has 0 radical (unpaired) electrons. The van der Waals surface area contributed by atoms with Gasteiger partial charge >= 0.3 is 5.97 Å². The third kappa shape index (κ3) is 3.09. The van der Waals surface area contributed by atoms with Crippen LogP contribution in [-0.2, 0) is 14.2 Å². The Morgan fingerprint density at radius 3 is 2.56 bits per heavy atom. The maximum Gasteiger partial charge on any atom is 0.338 e. The third-order valence-corrected chi connectivity index (χ3v) is 2.99. The Morgan fingerprint density at radius 1 is 1.28 bits per heavy atom. The number of esters is 1. The highest BCUT2D eigenvalue weighted by atomic mass is 16.7. The Balaban J connectivity index is 1.92. The van der Waals surface area contributed by atoms with E-state index in [2.05, 4.69) is 0 Å². The smallest absolute Gasteiger partial charge is 0.338 e. The zero-order valence-electron chi connectivity index (χ0n) is 10.6. The predicted molar refractivity (Wildman–Crippen MR) is 66.3 cm³/mol. The summed E-state index contributed by atoms with van der Waals surface area (Å²) in [4.78, 5) is 11.8. The molecule has 0 spiro atoms. The summed E-state index contributed by atoms with van der Waals surface area (Å²) in [6, 6.07) is 8.92. The van der Waals surface area contributed by atoms with Crippen molar-refractivity contribution in [1.82, 2.24) is 0 Å². The number of benzene rings is 1. The topological polar surface area (TPSA) is 44.8 Å². The van der Waals surface area contributed by atoms with E-state index < -0.39 is 5.79 Å². The molecule has 0 saturated carbocycles. The van der Waals surface area contributed by atoms with Gasteiger partial charge in [0.05, 0.1) is 18.8 Å². The van der Waals surface area contributed by atoms with Gasteiger partial charge in [0, 0.05) is 6.42 Å². The summed E-state index contributed by atoms with van der Waals surface area (Å²) in [5.74, 6) is -1.11. The second-order valence-electron chi connectivity index (χ2n) is 4.26. The fourth-order valence-corrected chi connectivity index (χ4v) is 1.84. The van der Waals surface area contributed by atoms with Crippen molar-refractivity contribution in [3.05, 3.63) is 35.9 Å². The number of ether oxygens (including phenoxy) is 3. The first-order chi connectivity index (χ1) is 8.76. The average Bonchev–Trinajstić information content (AvgIpc) is 2.47. The highest BCUT2D eigenvalue weighted by Crippen LogP contribution is 2.23. The highest BCUT2D eigenvalue weighted by Gasteiger charge is 2.34. The summed E-state index contributed by atoms with van der Waals surface area (Å²) in [5.41, 5.74) is 0.541. The lowest BCUT2D eigenvalue weighted by molar-refractivity contribution is -0.282. The lowest BCUT2D eigenvalue weighted by atomic mass is 10.2. The summed E-state index contributed by atoms with van der Waals surface area (Å²) in [6.07, 6.45) is 1.55. The monoisotopic (exact) mass is 250 g/mol. The summed E-state index contributed by atoms with van der Waals surface area (Å²) in [7, 11) is 0. The lowest BCUT2D eigenvalue weighted by Crippen LogP contribution is -2.44. The van der Waals surface area contributed by atoms with Gasteiger partial charge in [-0.1, -0.05) is 25.1 Å². The van der Waals surface area contributed by atoms with Crippen LogP contribution in [0.5, 0.6) is 0 Å². The molecular formula is C14H18O4. The minimum absolute atomic E-state index is 0.136. The molecule has 1 aliphatic rings. The summed E-state index contributed by atoms with van der Waals surface area (Å²) >= 11 is 0. The fourth-order valence-electron chi connectivity index (χ4n) is 1.84. The predicted octanol–water partition coefficient (Wildman–Crippen LogP) is 2.39. The van der Waals surface area contributed by atoms with Crippen molar-refractivity contribution in [2.75, 3.05) is 19.8 Å². The molecule has 1 heterocycles. The van der Waals surface area contributed by atoms with Gasteiger partial charge in [-0.2, -0.15) is 0 Å². The van der Waals surface area contributed by atoms with Crippen molar-refractivity contribution >= 4 is 5.97 Å². The van der Waals surface area contributed by atoms with E-state index in [1.807, 2.05) is 13.0 Å². The highest BCUT2D eigenvalue weighted by molar-refractivity contribution is 5.89. The third-order valence-electron chi connectivity index (χ3n) is 2.99. The molecule has 1 aliphatic heterocycles. The van der Waals surface area contributed by atoms with E-state index >= 15 is 0 Å². The van der Waals surface area contributed by atoms with Crippen molar-refractivity contribution in [3.63, 3.8) is 0 Å². The van der Waals surface area contributed by atoms with Gasteiger partial charge in [-0.15, -0.1) is 0 Å². The van der Waals surface area contributed by atoms with Gasteiger partial charge in [-0.05, 0) is 18.6 Å². The Kier molecular flexibility index (Phi) is 4.33. The normalized spacial score (nSPS) is 18.3. The first-order valence-corrected chi connectivity index (χ1v) is 6.26. The van der Waals surface area contributed by atoms with Crippen molar-refractivity contribution in [1.29, 1.82) is 0 Å². The minimum Gasteiger partial charge on any atom is -0.456 e. The van der Waals surface area contributed by atoms with Gasteiger partial charge in [-0.25, -0.2) is 4.79 Å². The fraction of sp³-hybridized carbons (Fsp3) is 0.500. The second kappa shape index (κ2) is 5.98. The lowest BCUT2D eigenvalue weighted by Gasteiger charge is -2.35. The maximum atomic E-state index is 11.8. The number of rotatable bonds is 4. The standard InChI is InChI=1S/C14H18O4/c1-2-14(17-9-6-10-18-14)11-16-13(15)12-7-4-3-5-8-12/h3-5,7-8H,2,6,9-11H2,1H3. The molecule has 18 heavy (non-hydrogen) atoms. The molecule has 0 unspecified atom stereocenters. The largest absolute Gasteiger partial charge is 0.456 e. The quantitative estimate of drug-likeness (QED) is 0.770. The molecule has 0 bridgehead atoms. The van der Waals surface area contributed by atoms with E-state index in [4.69, 9.17) is 14.2 Å². The van der Waals surface area contributed by atoms with Crippen LogP contribution in [0.2, 0.25) is 0 Å². The van der Waals surface area contributed by atoms with E-state index in [0.29, 0.717) is 25.2 Å². The first-order valence-electron chi connectivity index (χ1n) is 6.26. The molecule has 1 saturated heterocycles. The summed E-state index contributed by atoms with van der Waals surface area (Å²) in [6.45, 7) is 3.40. The van der Waals surface area contributed by atoms with Crippen LogP contribution in [0.25, 0.3) is 0 Å². The molecule has 2 rings (SSSR count). The zero-order valence-corrected chi connectivity index (χ0v) is 10.6. The second-order valence-corrected chi connectivity index (χ2v) is 4.26. The van der Waals surface area contributed by atoms with Gasteiger partial charge in [0.15, 0.2) is 0 Å². The number of hydrogen-bond acceptors (Lipinski definition) is 4. The van der Waals surface area contributed by atoms with Crippen LogP contribution in [0.15, 0.2) is 30.3 Å². The van der Waals surface area contributed by atoms with E-state index in [1.165, 1.54) is 0 Å². The summed E-state index contributed by atoms with van der Waals surface area (Å²) < 4.78 is 16.5. The molecule has 0 aromatic heterocycles. The van der Waals surface area contributed by atoms with Gasteiger partial charge in [0.25, 0.3) is 0 Å². The van der Waals surface area contributed by atoms with E-state index in [9.17, 15) is 4.79 Å². The van der Waals surface area contributed by atoms with Gasteiger partial charge < -0.3 is 14.2 Å². The molecule has 0 aliphatic carbocycles. The Hall–Kier alpha value is -1.39. The van der Waals surface area contributed by atoms with Crippen LogP contribution in [0.4, 0.5) is 0 Å². The molecule has 0 N–H and O–H groups in total. The molecule has 1 aromatic carbocycles. The molecule has 98 valence electrons. The molecule has 0 atom stereocenters. The van der Waals surface area contributed by atoms with Crippen LogP contribution in [-0.4, -0.2) is 31.6 Å². The number of carbonyl (C=O) groups is 1. The van der Waals surface area contributed by atoms with Gasteiger partial charge in [0.1, 0.15) is 6.61 Å². The SMILES string of the molecule is CCC1(COC(=O)c2ccccc2)OCCCO1. The molecular weight excluding hydrogens is 232 g/mol. The first kappa shape index (κ1) is 13.1. The maximum absolute atomic E-state index is 11.8. The molecule has 1 fully saturated rings. The van der Waals surface area contributed by atoms with Crippen molar-refractivity contribution < 1.29 is 19.0 Å². The van der Waals surface area contributed by atoms with Crippen molar-refractivity contribution in [3.8, 4) is 0 Å². The molecule has 4 nitrogen and oxygen atoms in total. The van der Waals surface area contributed by atoms with Gasteiger partial charge in [0.2, 0.25) is 5.79 Å². The number of carbonyl (C=O) groups excluding carboxylic acids is 1. The van der Waals surface area contributed by atoms with Crippen molar-refractivity contribution in [2.24, 2.45) is 0 Å². The van der Waals surface area contributed by atoms with E-state index in [1.54, 1.807) is 24.3 Å². The Bertz CT molecular complexity index is 382. The Morgan fingerprint density at radius 2 is 1.94 bits per heavy atom. The van der Waals surface area contributed by atoms with Crippen molar-refractivity contribution in [2.45, 2.75) is 25.6 Å². The molecule has 0 amide bonds. The zero-order chi connectivity index (χ0) is 12.8. The molecule has 1 aromatic rings. The van der Waals surface area contributed by atoms with Crippen LogP contribution >= 0.6 is 0 Å². The van der Waals surface area contributed by atoms with Crippen LogP contribution in [0, 0.1) is 0 Å². The number of hydrogen-bond donors (Lipinski definition) is 0. The Labute approximate surface area is 107 Å². The minimum atomic E-state index is -0.761. The van der Waals surface area contributed by atoms with Gasteiger partial charge in [-0.3, -0.25) is 0 Å².